The highest BCUT2D eigenvalue weighted by atomic mass is 32.1. The van der Waals surface area contributed by atoms with E-state index in [1.54, 1.807) is 7.11 Å². The minimum Gasteiger partial charge on any atom is -0.491 e. The summed E-state index contributed by atoms with van der Waals surface area (Å²) >= 11 is 1.50. The average Bonchev–Trinajstić information content (AvgIpc) is 3.13. The summed E-state index contributed by atoms with van der Waals surface area (Å²) in [4.78, 5) is 7.91. The van der Waals surface area contributed by atoms with Gasteiger partial charge in [-0.05, 0) is 17.7 Å². The molecule has 0 radical (unpaired) electrons. The van der Waals surface area contributed by atoms with Gasteiger partial charge >= 0.3 is 0 Å². The maximum Gasteiger partial charge on any atom is 0.180 e. The number of methoxy groups -OCH3 is 1. The molecule has 3 rings (SSSR count). The largest absolute Gasteiger partial charge is 0.491 e. The summed E-state index contributed by atoms with van der Waals surface area (Å²) in [6.45, 7) is 7.86. The van der Waals surface area contributed by atoms with Gasteiger partial charge in [-0.25, -0.2) is 4.98 Å². The molecular formula is C22H33N3O5S. The molecule has 31 heavy (non-hydrogen) atoms. The molecule has 1 aromatic carbocycles. The molecule has 8 nitrogen and oxygen atoms in total. The van der Waals surface area contributed by atoms with Gasteiger partial charge in [0.2, 0.25) is 0 Å². The summed E-state index contributed by atoms with van der Waals surface area (Å²) in [7, 11) is 1.66. The number of hydrogen-bond donors (Lipinski definition) is 1. The van der Waals surface area contributed by atoms with E-state index in [9.17, 15) is 0 Å². The van der Waals surface area contributed by atoms with Gasteiger partial charge in [-0.3, -0.25) is 4.90 Å². The zero-order chi connectivity index (χ0) is 21.7. The van der Waals surface area contributed by atoms with Crippen molar-refractivity contribution in [1.29, 1.82) is 0 Å². The fraction of sp³-hybridized carbons (Fsp3) is 0.591. The molecule has 2 heterocycles. The Kier molecular flexibility index (Phi) is 10.5. The van der Waals surface area contributed by atoms with Gasteiger partial charge in [0.25, 0.3) is 0 Å². The molecule has 0 unspecified atom stereocenters. The zero-order valence-electron chi connectivity index (χ0n) is 18.2. The van der Waals surface area contributed by atoms with Crippen LogP contribution in [-0.4, -0.2) is 82.9 Å². The van der Waals surface area contributed by atoms with Gasteiger partial charge in [-0.2, -0.15) is 0 Å². The minimum atomic E-state index is 0.430. The number of rotatable bonds is 14. The first-order valence-electron chi connectivity index (χ1n) is 10.6. The van der Waals surface area contributed by atoms with E-state index < -0.39 is 0 Å². The van der Waals surface area contributed by atoms with Gasteiger partial charge < -0.3 is 29.4 Å². The standard InChI is InChI=1S/C22H33N3O5S/c1-26-11-14-30-19-4-2-3-18(15-19)16-21-20(24-22(23)31-21)17-29-13-12-28-10-7-25-5-8-27-9-6-25/h2-4,15H,5-14,16-17H2,1H3,(H2,23,24). The quantitative estimate of drug-likeness (QED) is 0.438. The third-order valence-electron chi connectivity index (χ3n) is 4.88. The van der Waals surface area contributed by atoms with Gasteiger partial charge in [-0.15, -0.1) is 11.3 Å². The SMILES string of the molecule is COCCOc1cccc(Cc2sc(N)nc2COCCOCCN2CCOCC2)c1. The number of benzene rings is 1. The fourth-order valence-corrected chi connectivity index (χ4v) is 4.10. The Balaban J connectivity index is 1.38. The zero-order valence-corrected chi connectivity index (χ0v) is 19.0. The molecule has 1 saturated heterocycles. The lowest BCUT2D eigenvalue weighted by molar-refractivity contribution is 0.00553. The van der Waals surface area contributed by atoms with E-state index in [0.29, 0.717) is 44.8 Å². The normalized spacial score (nSPS) is 14.7. The van der Waals surface area contributed by atoms with E-state index in [1.807, 2.05) is 18.2 Å². The maximum absolute atomic E-state index is 5.96. The van der Waals surface area contributed by atoms with Crippen LogP contribution in [0.15, 0.2) is 24.3 Å². The highest BCUT2D eigenvalue weighted by Gasteiger charge is 2.12. The van der Waals surface area contributed by atoms with Crippen LogP contribution in [0.5, 0.6) is 5.75 Å². The minimum absolute atomic E-state index is 0.430. The Bertz CT molecular complexity index is 767. The summed E-state index contributed by atoms with van der Waals surface area (Å²) in [5, 5.41) is 0.558. The van der Waals surface area contributed by atoms with Crippen LogP contribution >= 0.6 is 11.3 Å². The van der Waals surface area contributed by atoms with Gasteiger partial charge in [0.05, 0.1) is 51.9 Å². The Hall–Kier alpha value is -1.75. The number of morpholine rings is 1. The topological polar surface area (TPSA) is 88.3 Å². The molecular weight excluding hydrogens is 418 g/mol. The average molecular weight is 452 g/mol. The Morgan fingerprint density at radius 1 is 1.10 bits per heavy atom. The third-order valence-corrected chi connectivity index (χ3v) is 5.81. The number of hydrogen-bond acceptors (Lipinski definition) is 9. The number of anilines is 1. The second kappa shape index (κ2) is 13.6. The number of ether oxygens (including phenoxy) is 5. The van der Waals surface area contributed by atoms with E-state index in [0.717, 1.165) is 61.2 Å². The number of nitrogen functional groups attached to an aromatic ring is 1. The molecule has 1 aromatic heterocycles. The Labute approximate surface area is 188 Å². The van der Waals surface area contributed by atoms with Gasteiger partial charge in [0, 0.05) is 38.0 Å². The summed E-state index contributed by atoms with van der Waals surface area (Å²) in [5.41, 5.74) is 7.99. The van der Waals surface area contributed by atoms with Crippen LogP contribution in [0.25, 0.3) is 0 Å². The van der Waals surface area contributed by atoms with Crippen molar-refractivity contribution < 1.29 is 23.7 Å². The number of nitrogens with two attached hydrogens (primary N) is 1. The van der Waals surface area contributed by atoms with Crippen molar-refractivity contribution in [2.24, 2.45) is 0 Å². The molecule has 9 heteroatoms. The first-order valence-corrected chi connectivity index (χ1v) is 11.5. The van der Waals surface area contributed by atoms with Crippen molar-refractivity contribution in [3.05, 3.63) is 40.4 Å². The summed E-state index contributed by atoms with van der Waals surface area (Å²) in [6, 6.07) is 8.06. The highest BCUT2D eigenvalue weighted by Crippen LogP contribution is 2.25. The third kappa shape index (κ3) is 8.72. The van der Waals surface area contributed by atoms with Crippen molar-refractivity contribution in [3.63, 3.8) is 0 Å². The number of aromatic nitrogens is 1. The molecule has 0 bridgehead atoms. The predicted molar refractivity (Wildman–Crippen MR) is 121 cm³/mol. The molecule has 2 N–H and O–H groups in total. The van der Waals surface area contributed by atoms with E-state index in [4.69, 9.17) is 29.4 Å². The molecule has 0 atom stereocenters. The van der Waals surface area contributed by atoms with Gasteiger partial charge in [0.1, 0.15) is 12.4 Å². The van der Waals surface area contributed by atoms with E-state index in [-0.39, 0.29) is 0 Å². The van der Waals surface area contributed by atoms with Crippen LogP contribution in [-0.2, 0) is 32.0 Å². The lowest BCUT2D eigenvalue weighted by Gasteiger charge is -2.26. The molecule has 0 saturated carbocycles. The second-order valence-electron chi connectivity index (χ2n) is 7.21. The Morgan fingerprint density at radius 2 is 1.94 bits per heavy atom. The maximum atomic E-state index is 5.96. The molecule has 1 fully saturated rings. The second-order valence-corrected chi connectivity index (χ2v) is 8.32. The van der Waals surface area contributed by atoms with Crippen LogP contribution in [0.1, 0.15) is 16.1 Å². The molecule has 0 amide bonds. The first-order chi connectivity index (χ1) is 15.2. The van der Waals surface area contributed by atoms with Crippen LogP contribution in [0.4, 0.5) is 5.13 Å². The molecule has 2 aromatic rings. The van der Waals surface area contributed by atoms with E-state index in [1.165, 1.54) is 11.3 Å². The summed E-state index contributed by atoms with van der Waals surface area (Å²) in [5.74, 6) is 0.832. The lowest BCUT2D eigenvalue weighted by atomic mass is 10.1. The molecule has 1 aliphatic rings. The van der Waals surface area contributed by atoms with Crippen LogP contribution in [0.2, 0.25) is 0 Å². The number of nitrogens with zero attached hydrogens (tertiary/aromatic N) is 2. The van der Waals surface area contributed by atoms with E-state index in [2.05, 4.69) is 16.0 Å². The van der Waals surface area contributed by atoms with Crippen LogP contribution < -0.4 is 10.5 Å². The Morgan fingerprint density at radius 3 is 2.77 bits per heavy atom. The van der Waals surface area contributed by atoms with Crippen molar-refractivity contribution in [2.45, 2.75) is 13.0 Å². The molecule has 1 aliphatic heterocycles. The number of thiazole rings is 1. The van der Waals surface area contributed by atoms with Crippen LogP contribution in [0.3, 0.4) is 0 Å². The van der Waals surface area contributed by atoms with Crippen molar-refractivity contribution in [3.8, 4) is 5.75 Å². The summed E-state index contributed by atoms with van der Waals surface area (Å²) < 4.78 is 27.5. The molecule has 172 valence electrons. The first kappa shape index (κ1) is 23.9. The van der Waals surface area contributed by atoms with Crippen molar-refractivity contribution in [1.82, 2.24) is 9.88 Å². The molecule has 0 spiro atoms. The van der Waals surface area contributed by atoms with Crippen molar-refractivity contribution in [2.75, 3.05) is 78.7 Å². The van der Waals surface area contributed by atoms with E-state index >= 15 is 0 Å². The van der Waals surface area contributed by atoms with Gasteiger partial charge in [0.15, 0.2) is 5.13 Å². The lowest BCUT2D eigenvalue weighted by Crippen LogP contribution is -2.38. The smallest absolute Gasteiger partial charge is 0.180 e. The van der Waals surface area contributed by atoms with Gasteiger partial charge in [-0.1, -0.05) is 12.1 Å². The molecule has 0 aliphatic carbocycles. The fourth-order valence-electron chi connectivity index (χ4n) is 3.23. The monoisotopic (exact) mass is 451 g/mol. The predicted octanol–water partition coefficient (Wildman–Crippen LogP) is 2.21. The highest BCUT2D eigenvalue weighted by molar-refractivity contribution is 7.15. The van der Waals surface area contributed by atoms with Crippen molar-refractivity contribution >= 4 is 16.5 Å². The summed E-state index contributed by atoms with van der Waals surface area (Å²) in [6.07, 6.45) is 0.741. The van der Waals surface area contributed by atoms with Crippen LogP contribution in [0, 0.1) is 0 Å².